The standard InChI is InChI=1S/C15H12FN3OS/c16-12-3-1-11(2-4-12)9-18-15(20)19-13-5-7-14(8-6-13)21-10-17/h1-8H,9H2,(H2,18,19,20). The summed E-state index contributed by atoms with van der Waals surface area (Å²) in [7, 11) is 0. The summed E-state index contributed by atoms with van der Waals surface area (Å²) in [5.41, 5.74) is 1.45. The summed E-state index contributed by atoms with van der Waals surface area (Å²) < 4.78 is 12.7. The number of nitrogens with zero attached hydrogens (tertiary/aromatic N) is 1. The predicted molar refractivity (Wildman–Crippen MR) is 80.2 cm³/mol. The van der Waals surface area contributed by atoms with E-state index in [4.69, 9.17) is 5.26 Å². The second kappa shape index (κ2) is 7.31. The van der Waals surface area contributed by atoms with Crippen LogP contribution in [-0.4, -0.2) is 6.03 Å². The van der Waals surface area contributed by atoms with E-state index < -0.39 is 0 Å². The van der Waals surface area contributed by atoms with Gasteiger partial charge in [0.25, 0.3) is 0 Å². The molecule has 0 aromatic heterocycles. The third-order valence-corrected chi connectivity index (χ3v) is 3.24. The molecule has 2 N–H and O–H groups in total. The van der Waals surface area contributed by atoms with Crippen molar-refractivity contribution in [2.75, 3.05) is 5.32 Å². The quantitative estimate of drug-likeness (QED) is 0.668. The molecule has 4 nitrogen and oxygen atoms in total. The Kier molecular flexibility index (Phi) is 5.18. The molecule has 0 saturated carbocycles. The van der Waals surface area contributed by atoms with Gasteiger partial charge in [-0.3, -0.25) is 0 Å². The number of nitriles is 1. The molecule has 0 unspecified atom stereocenters. The normalized spacial score (nSPS) is 9.71. The summed E-state index contributed by atoms with van der Waals surface area (Å²) >= 11 is 1.06. The molecule has 0 saturated heterocycles. The molecule has 2 amide bonds. The molecular formula is C15H12FN3OS. The maximum atomic E-state index is 12.7. The molecule has 106 valence electrons. The van der Waals surface area contributed by atoms with Crippen LogP contribution in [-0.2, 0) is 6.54 Å². The van der Waals surface area contributed by atoms with E-state index in [9.17, 15) is 9.18 Å². The fraction of sp³-hybridized carbons (Fsp3) is 0.0667. The second-order valence-electron chi connectivity index (χ2n) is 4.15. The lowest BCUT2D eigenvalue weighted by molar-refractivity contribution is 0.251. The molecule has 0 bridgehead atoms. The van der Waals surface area contributed by atoms with E-state index in [1.54, 1.807) is 36.4 Å². The highest BCUT2D eigenvalue weighted by molar-refractivity contribution is 8.03. The lowest BCUT2D eigenvalue weighted by atomic mass is 10.2. The fourth-order valence-corrected chi connectivity index (χ4v) is 2.00. The number of carbonyl (C=O) groups is 1. The van der Waals surface area contributed by atoms with Crippen molar-refractivity contribution in [2.45, 2.75) is 11.4 Å². The third-order valence-electron chi connectivity index (χ3n) is 2.64. The molecule has 0 aliphatic rings. The van der Waals surface area contributed by atoms with Gasteiger partial charge in [0.2, 0.25) is 0 Å². The Bertz CT molecular complexity index is 650. The van der Waals surface area contributed by atoms with E-state index in [-0.39, 0.29) is 11.8 Å². The largest absolute Gasteiger partial charge is 0.334 e. The van der Waals surface area contributed by atoms with Crippen LogP contribution < -0.4 is 10.6 Å². The van der Waals surface area contributed by atoms with Gasteiger partial charge in [-0.2, -0.15) is 5.26 Å². The van der Waals surface area contributed by atoms with Crippen molar-refractivity contribution in [1.29, 1.82) is 5.26 Å². The lowest BCUT2D eigenvalue weighted by Gasteiger charge is -2.08. The van der Waals surface area contributed by atoms with Gasteiger partial charge in [-0.15, -0.1) is 0 Å². The second-order valence-corrected chi connectivity index (χ2v) is 5.01. The summed E-state index contributed by atoms with van der Waals surface area (Å²) in [4.78, 5) is 12.5. The number of thioether (sulfide) groups is 1. The highest BCUT2D eigenvalue weighted by Gasteiger charge is 2.02. The highest BCUT2D eigenvalue weighted by Crippen LogP contribution is 2.18. The molecule has 0 spiro atoms. The zero-order valence-electron chi connectivity index (χ0n) is 11.0. The molecule has 0 heterocycles. The number of hydrogen-bond acceptors (Lipinski definition) is 3. The monoisotopic (exact) mass is 301 g/mol. The smallest absolute Gasteiger partial charge is 0.319 e. The lowest BCUT2D eigenvalue weighted by Crippen LogP contribution is -2.28. The molecule has 21 heavy (non-hydrogen) atoms. The maximum Gasteiger partial charge on any atom is 0.319 e. The zero-order valence-corrected chi connectivity index (χ0v) is 11.8. The van der Waals surface area contributed by atoms with Crippen molar-refractivity contribution in [3.63, 3.8) is 0 Å². The molecule has 0 aliphatic heterocycles. The van der Waals surface area contributed by atoms with Crippen LogP contribution in [0.3, 0.4) is 0 Å². The summed E-state index contributed by atoms with van der Waals surface area (Å²) in [6.07, 6.45) is 0. The van der Waals surface area contributed by atoms with Crippen molar-refractivity contribution in [3.05, 3.63) is 59.9 Å². The van der Waals surface area contributed by atoms with Crippen molar-refractivity contribution in [1.82, 2.24) is 5.32 Å². The molecule has 6 heteroatoms. The number of nitrogens with one attached hydrogen (secondary N) is 2. The minimum Gasteiger partial charge on any atom is -0.334 e. The van der Waals surface area contributed by atoms with Gasteiger partial charge in [-0.05, 0) is 53.7 Å². The summed E-state index contributed by atoms with van der Waals surface area (Å²) in [5.74, 6) is -0.307. The van der Waals surface area contributed by atoms with E-state index in [1.165, 1.54) is 12.1 Å². The van der Waals surface area contributed by atoms with E-state index in [0.29, 0.717) is 12.2 Å². The Balaban J connectivity index is 1.84. The van der Waals surface area contributed by atoms with E-state index in [0.717, 1.165) is 22.2 Å². The zero-order chi connectivity index (χ0) is 15.1. The molecule has 0 radical (unpaired) electrons. The van der Waals surface area contributed by atoms with E-state index >= 15 is 0 Å². The van der Waals surface area contributed by atoms with E-state index in [2.05, 4.69) is 10.6 Å². The number of thiocyanates is 1. The Labute approximate surface area is 126 Å². The van der Waals surface area contributed by atoms with Gasteiger partial charge in [0.1, 0.15) is 11.2 Å². The first kappa shape index (κ1) is 14.9. The van der Waals surface area contributed by atoms with Gasteiger partial charge in [0.15, 0.2) is 0 Å². The molecule has 2 aromatic carbocycles. The molecule has 0 fully saturated rings. The van der Waals surface area contributed by atoms with Crippen LogP contribution >= 0.6 is 11.8 Å². The minimum atomic E-state index is -0.347. The van der Waals surface area contributed by atoms with Crippen LogP contribution in [0.25, 0.3) is 0 Å². The first-order valence-electron chi connectivity index (χ1n) is 6.12. The van der Waals surface area contributed by atoms with Gasteiger partial charge >= 0.3 is 6.03 Å². The van der Waals surface area contributed by atoms with Crippen LogP contribution in [0.1, 0.15) is 5.56 Å². The summed E-state index contributed by atoms with van der Waals surface area (Å²) in [6.45, 7) is 0.314. The van der Waals surface area contributed by atoms with Gasteiger partial charge in [-0.25, -0.2) is 9.18 Å². The number of carbonyl (C=O) groups excluding carboxylic acids is 1. The van der Waals surface area contributed by atoms with Crippen molar-refractivity contribution < 1.29 is 9.18 Å². The minimum absolute atomic E-state index is 0.307. The van der Waals surface area contributed by atoms with Gasteiger partial charge in [0, 0.05) is 17.1 Å². The third kappa shape index (κ3) is 4.82. The van der Waals surface area contributed by atoms with Gasteiger partial charge in [0.05, 0.1) is 0 Å². The molecule has 2 rings (SSSR count). The number of benzene rings is 2. The summed E-state index contributed by atoms with van der Waals surface area (Å²) in [6, 6.07) is 12.5. The Hall–Kier alpha value is -2.52. The highest BCUT2D eigenvalue weighted by atomic mass is 32.2. The van der Waals surface area contributed by atoms with Gasteiger partial charge in [-0.1, -0.05) is 12.1 Å². The Morgan fingerprint density at radius 3 is 2.43 bits per heavy atom. The number of amides is 2. The summed E-state index contributed by atoms with van der Waals surface area (Å²) in [5, 5.41) is 15.9. The van der Waals surface area contributed by atoms with Crippen LogP contribution in [0.15, 0.2) is 53.4 Å². The Morgan fingerprint density at radius 1 is 1.14 bits per heavy atom. The predicted octanol–water partition coefficient (Wildman–Crippen LogP) is 3.72. The van der Waals surface area contributed by atoms with Gasteiger partial charge < -0.3 is 10.6 Å². The van der Waals surface area contributed by atoms with Crippen molar-refractivity contribution in [3.8, 4) is 5.40 Å². The number of hydrogen-bond donors (Lipinski definition) is 2. The van der Waals surface area contributed by atoms with Crippen molar-refractivity contribution >= 4 is 23.5 Å². The average Bonchev–Trinajstić information content (AvgIpc) is 2.49. The first-order chi connectivity index (χ1) is 10.2. The average molecular weight is 301 g/mol. The molecule has 2 aromatic rings. The number of rotatable bonds is 4. The van der Waals surface area contributed by atoms with Crippen LogP contribution in [0.2, 0.25) is 0 Å². The molecular weight excluding hydrogens is 289 g/mol. The fourth-order valence-electron chi connectivity index (χ4n) is 1.62. The van der Waals surface area contributed by atoms with Crippen molar-refractivity contribution in [2.24, 2.45) is 0 Å². The van der Waals surface area contributed by atoms with Crippen LogP contribution in [0, 0.1) is 16.5 Å². The van der Waals surface area contributed by atoms with Crippen LogP contribution in [0.5, 0.6) is 0 Å². The van der Waals surface area contributed by atoms with Crippen LogP contribution in [0.4, 0.5) is 14.9 Å². The topological polar surface area (TPSA) is 64.9 Å². The SMILES string of the molecule is N#CSc1ccc(NC(=O)NCc2ccc(F)cc2)cc1. The molecule has 0 aliphatic carbocycles. The molecule has 0 atom stereocenters. The number of halogens is 1. The number of urea groups is 1. The number of anilines is 1. The first-order valence-corrected chi connectivity index (χ1v) is 6.94. The Morgan fingerprint density at radius 2 is 1.81 bits per heavy atom. The van der Waals surface area contributed by atoms with E-state index in [1.807, 2.05) is 5.40 Å². The maximum absolute atomic E-state index is 12.7.